The molecule has 8 heteroatoms. The van der Waals surface area contributed by atoms with Crippen molar-refractivity contribution in [2.45, 2.75) is 18.9 Å². The molecule has 0 saturated carbocycles. The molecule has 23 heavy (non-hydrogen) atoms. The lowest BCUT2D eigenvalue weighted by Crippen LogP contribution is -2.42. The maximum Gasteiger partial charge on any atom is 0.293 e. The number of aliphatic hydroxyl groups excluding tert-OH is 1. The van der Waals surface area contributed by atoms with Gasteiger partial charge in [-0.25, -0.2) is 0 Å². The van der Waals surface area contributed by atoms with Crippen molar-refractivity contribution in [1.29, 1.82) is 0 Å². The number of amides is 1. The van der Waals surface area contributed by atoms with Gasteiger partial charge in [-0.1, -0.05) is 0 Å². The first-order valence-electron chi connectivity index (χ1n) is 7.36. The van der Waals surface area contributed by atoms with Crippen LogP contribution in [0, 0.1) is 10.1 Å². The van der Waals surface area contributed by atoms with E-state index in [1.165, 1.54) is 24.1 Å². The summed E-state index contributed by atoms with van der Waals surface area (Å²) in [7, 11) is 4.79. The molecule has 1 fully saturated rings. The number of ether oxygens (including phenoxy) is 1. The van der Waals surface area contributed by atoms with Gasteiger partial charge in [-0.05, 0) is 12.8 Å². The number of hydrogen-bond acceptors (Lipinski definition) is 6. The third-order valence-electron chi connectivity index (χ3n) is 3.89. The fourth-order valence-electron chi connectivity index (χ4n) is 2.71. The molecular formula is C15H21N3O5. The summed E-state index contributed by atoms with van der Waals surface area (Å²) in [5.74, 6) is -0.0848. The SMILES string of the molecule is COc1cc(N(C)C)c([N+](=O)[O-])cc1C(=O)N1CCCC(O)C1. The van der Waals surface area contributed by atoms with Gasteiger partial charge in [0.25, 0.3) is 11.6 Å². The normalized spacial score (nSPS) is 17.7. The predicted octanol–water partition coefficient (Wildman–Crippen LogP) is 1.27. The van der Waals surface area contributed by atoms with E-state index in [1.54, 1.807) is 19.0 Å². The lowest BCUT2D eigenvalue weighted by atomic mass is 10.1. The van der Waals surface area contributed by atoms with Gasteiger partial charge in [-0.2, -0.15) is 0 Å². The van der Waals surface area contributed by atoms with Crippen molar-refractivity contribution in [3.8, 4) is 5.75 Å². The average Bonchev–Trinajstić information content (AvgIpc) is 2.52. The molecule has 0 aromatic heterocycles. The van der Waals surface area contributed by atoms with Crippen LogP contribution in [0.3, 0.4) is 0 Å². The van der Waals surface area contributed by atoms with E-state index in [1.807, 2.05) is 0 Å². The second-order valence-corrected chi connectivity index (χ2v) is 5.74. The largest absolute Gasteiger partial charge is 0.496 e. The molecule has 126 valence electrons. The first-order chi connectivity index (χ1) is 10.8. The van der Waals surface area contributed by atoms with Crippen molar-refractivity contribution in [3.63, 3.8) is 0 Å². The monoisotopic (exact) mass is 323 g/mol. The van der Waals surface area contributed by atoms with Crippen LogP contribution in [0.1, 0.15) is 23.2 Å². The van der Waals surface area contributed by atoms with Crippen molar-refractivity contribution in [2.75, 3.05) is 39.2 Å². The van der Waals surface area contributed by atoms with Gasteiger partial charge in [-0.15, -0.1) is 0 Å². The Labute approximate surface area is 134 Å². The molecule has 1 amide bonds. The van der Waals surface area contributed by atoms with Crippen LogP contribution in [0.15, 0.2) is 12.1 Å². The Hall–Kier alpha value is -2.35. The standard InChI is InChI=1S/C15H21N3O5/c1-16(2)12-8-14(23-3)11(7-13(12)18(21)22)15(20)17-6-4-5-10(19)9-17/h7-8,10,19H,4-6,9H2,1-3H3. The molecule has 1 heterocycles. The summed E-state index contributed by atoms with van der Waals surface area (Å²) in [6, 6.07) is 2.74. The van der Waals surface area contributed by atoms with Gasteiger partial charge in [-0.3, -0.25) is 14.9 Å². The van der Waals surface area contributed by atoms with E-state index in [0.717, 1.165) is 0 Å². The van der Waals surface area contributed by atoms with E-state index in [4.69, 9.17) is 4.74 Å². The topological polar surface area (TPSA) is 96.2 Å². The number of methoxy groups -OCH3 is 1. The van der Waals surface area contributed by atoms with Gasteiger partial charge < -0.3 is 19.6 Å². The number of carbonyl (C=O) groups is 1. The molecule has 1 saturated heterocycles. The number of benzene rings is 1. The number of anilines is 1. The molecule has 1 aromatic carbocycles. The molecule has 1 aliphatic heterocycles. The van der Waals surface area contributed by atoms with Gasteiger partial charge in [0, 0.05) is 39.3 Å². The number of piperidine rings is 1. The van der Waals surface area contributed by atoms with Crippen molar-refractivity contribution in [3.05, 3.63) is 27.8 Å². The fourth-order valence-corrected chi connectivity index (χ4v) is 2.71. The number of likely N-dealkylation sites (tertiary alicyclic amines) is 1. The number of nitro groups is 1. The number of rotatable bonds is 4. The number of carbonyl (C=O) groups excluding carboxylic acids is 1. The van der Waals surface area contributed by atoms with E-state index in [0.29, 0.717) is 25.1 Å². The van der Waals surface area contributed by atoms with Crippen LogP contribution < -0.4 is 9.64 Å². The van der Waals surface area contributed by atoms with Crippen molar-refractivity contribution < 1.29 is 19.6 Å². The predicted molar refractivity (Wildman–Crippen MR) is 85.1 cm³/mol. The molecule has 0 radical (unpaired) electrons. The zero-order chi connectivity index (χ0) is 17.1. The minimum atomic E-state index is -0.560. The Balaban J connectivity index is 2.46. The van der Waals surface area contributed by atoms with Crippen molar-refractivity contribution >= 4 is 17.3 Å². The molecule has 1 unspecified atom stereocenters. The second kappa shape index (κ2) is 6.82. The van der Waals surface area contributed by atoms with Gasteiger partial charge >= 0.3 is 0 Å². The minimum Gasteiger partial charge on any atom is -0.496 e. The Morgan fingerprint density at radius 1 is 1.48 bits per heavy atom. The molecule has 2 rings (SSSR count). The lowest BCUT2D eigenvalue weighted by Gasteiger charge is -2.30. The van der Waals surface area contributed by atoms with Crippen LogP contribution in [0.4, 0.5) is 11.4 Å². The molecule has 1 aromatic rings. The number of β-amino-alcohol motifs (C(OH)–C–C–N with tert-alkyl or cyclic N) is 1. The highest BCUT2D eigenvalue weighted by molar-refractivity contribution is 5.99. The summed E-state index contributed by atoms with van der Waals surface area (Å²) < 4.78 is 5.25. The summed E-state index contributed by atoms with van der Waals surface area (Å²) in [5.41, 5.74) is 0.345. The summed E-state index contributed by atoms with van der Waals surface area (Å²) in [5, 5.41) is 21.0. The molecule has 1 atom stereocenters. The number of hydrogen-bond donors (Lipinski definition) is 1. The molecular weight excluding hydrogens is 302 g/mol. The summed E-state index contributed by atoms with van der Waals surface area (Å²) in [4.78, 5) is 26.6. The first-order valence-corrected chi connectivity index (χ1v) is 7.36. The van der Waals surface area contributed by atoms with E-state index in [2.05, 4.69) is 0 Å². The summed E-state index contributed by atoms with van der Waals surface area (Å²) >= 11 is 0. The molecule has 0 spiro atoms. The maximum absolute atomic E-state index is 12.7. The summed E-state index contributed by atoms with van der Waals surface area (Å²) in [6.45, 7) is 0.744. The number of aliphatic hydroxyl groups is 1. The Morgan fingerprint density at radius 3 is 2.70 bits per heavy atom. The van der Waals surface area contributed by atoms with E-state index < -0.39 is 11.0 Å². The highest BCUT2D eigenvalue weighted by Gasteiger charge is 2.29. The van der Waals surface area contributed by atoms with E-state index in [-0.39, 0.29) is 29.5 Å². The van der Waals surface area contributed by atoms with Crippen LogP contribution in [0.25, 0.3) is 0 Å². The fraction of sp³-hybridized carbons (Fsp3) is 0.533. The minimum absolute atomic E-state index is 0.138. The first kappa shape index (κ1) is 17.0. The van der Waals surface area contributed by atoms with Gasteiger partial charge in [0.15, 0.2) is 0 Å². The Kier molecular flexibility index (Phi) is 5.05. The van der Waals surface area contributed by atoms with Crippen LogP contribution >= 0.6 is 0 Å². The third-order valence-corrected chi connectivity index (χ3v) is 3.89. The Bertz CT molecular complexity index is 617. The average molecular weight is 323 g/mol. The number of nitro benzene ring substituents is 1. The van der Waals surface area contributed by atoms with Crippen LogP contribution in [0.5, 0.6) is 5.75 Å². The zero-order valence-electron chi connectivity index (χ0n) is 13.5. The molecule has 8 nitrogen and oxygen atoms in total. The van der Waals surface area contributed by atoms with Gasteiger partial charge in [0.1, 0.15) is 11.4 Å². The highest BCUT2D eigenvalue weighted by Crippen LogP contribution is 2.35. The quantitative estimate of drug-likeness (QED) is 0.662. The second-order valence-electron chi connectivity index (χ2n) is 5.74. The van der Waals surface area contributed by atoms with Crippen LogP contribution in [-0.4, -0.2) is 61.2 Å². The molecule has 1 aliphatic rings. The maximum atomic E-state index is 12.7. The van der Waals surface area contributed by atoms with Crippen molar-refractivity contribution in [1.82, 2.24) is 4.90 Å². The molecule has 1 N–H and O–H groups in total. The van der Waals surface area contributed by atoms with Gasteiger partial charge in [0.2, 0.25) is 0 Å². The van der Waals surface area contributed by atoms with E-state index >= 15 is 0 Å². The lowest BCUT2D eigenvalue weighted by molar-refractivity contribution is -0.384. The van der Waals surface area contributed by atoms with Crippen LogP contribution in [-0.2, 0) is 0 Å². The van der Waals surface area contributed by atoms with Crippen molar-refractivity contribution in [2.24, 2.45) is 0 Å². The molecule has 0 aliphatic carbocycles. The third kappa shape index (κ3) is 3.53. The smallest absolute Gasteiger partial charge is 0.293 e. The summed E-state index contributed by atoms with van der Waals surface area (Å²) in [6.07, 6.45) is 0.794. The Morgan fingerprint density at radius 2 is 2.17 bits per heavy atom. The highest BCUT2D eigenvalue weighted by atomic mass is 16.6. The number of nitrogens with zero attached hydrogens (tertiary/aromatic N) is 3. The zero-order valence-corrected chi connectivity index (χ0v) is 13.5. The van der Waals surface area contributed by atoms with Gasteiger partial charge in [0.05, 0.1) is 23.7 Å². The van der Waals surface area contributed by atoms with E-state index in [9.17, 15) is 20.0 Å². The van der Waals surface area contributed by atoms with Crippen LogP contribution in [0.2, 0.25) is 0 Å². The molecule has 0 bridgehead atoms.